The molecule has 2 aliphatic rings. The van der Waals surface area contributed by atoms with E-state index in [1.807, 2.05) is 0 Å². The van der Waals surface area contributed by atoms with Crippen LogP contribution in [0.5, 0.6) is 0 Å². The number of carbonyl (C=O) groups is 1. The first kappa shape index (κ1) is 15.8. The summed E-state index contributed by atoms with van der Waals surface area (Å²) < 4.78 is 0. The third-order valence-electron chi connectivity index (χ3n) is 5.18. The highest BCUT2D eigenvalue weighted by molar-refractivity contribution is 5.82. The van der Waals surface area contributed by atoms with Crippen LogP contribution in [0.3, 0.4) is 0 Å². The smallest absolute Gasteiger partial charge is 0.237 e. The fourth-order valence-electron chi connectivity index (χ4n) is 3.33. The summed E-state index contributed by atoms with van der Waals surface area (Å²) in [4.78, 5) is 12.2. The van der Waals surface area contributed by atoms with E-state index in [9.17, 15) is 9.90 Å². The SMILES string of the molecule is CC1CCCNC1C(=O)NCC1(O)CCC(C)(C)CC1. The van der Waals surface area contributed by atoms with Crippen molar-refractivity contribution in [3.63, 3.8) is 0 Å². The largest absolute Gasteiger partial charge is 0.388 e. The lowest BCUT2D eigenvalue weighted by Crippen LogP contribution is -2.54. The van der Waals surface area contributed by atoms with Gasteiger partial charge in [0, 0.05) is 6.54 Å². The highest BCUT2D eigenvalue weighted by Gasteiger charge is 2.37. The number of rotatable bonds is 3. The summed E-state index contributed by atoms with van der Waals surface area (Å²) >= 11 is 0. The quantitative estimate of drug-likeness (QED) is 0.740. The molecule has 2 rings (SSSR count). The first-order valence-corrected chi connectivity index (χ1v) is 8.05. The van der Waals surface area contributed by atoms with Crippen LogP contribution in [0, 0.1) is 11.3 Å². The molecule has 1 heterocycles. The zero-order valence-electron chi connectivity index (χ0n) is 13.2. The van der Waals surface area contributed by atoms with E-state index in [-0.39, 0.29) is 11.9 Å². The summed E-state index contributed by atoms with van der Waals surface area (Å²) in [6, 6.07) is -0.0904. The van der Waals surface area contributed by atoms with Crippen molar-refractivity contribution in [1.82, 2.24) is 10.6 Å². The lowest BCUT2D eigenvalue weighted by molar-refractivity contribution is -0.126. The van der Waals surface area contributed by atoms with Crippen molar-refractivity contribution < 1.29 is 9.90 Å². The van der Waals surface area contributed by atoms with Gasteiger partial charge < -0.3 is 15.7 Å². The highest BCUT2D eigenvalue weighted by Crippen LogP contribution is 2.39. The van der Waals surface area contributed by atoms with E-state index in [0.29, 0.717) is 17.9 Å². The number of hydrogen-bond acceptors (Lipinski definition) is 3. The first-order chi connectivity index (χ1) is 9.31. The van der Waals surface area contributed by atoms with Crippen LogP contribution in [0.15, 0.2) is 0 Å². The van der Waals surface area contributed by atoms with Gasteiger partial charge >= 0.3 is 0 Å². The minimum Gasteiger partial charge on any atom is -0.388 e. The molecular weight excluding hydrogens is 252 g/mol. The number of amides is 1. The van der Waals surface area contributed by atoms with Gasteiger partial charge in [-0.15, -0.1) is 0 Å². The van der Waals surface area contributed by atoms with E-state index >= 15 is 0 Å². The van der Waals surface area contributed by atoms with Gasteiger partial charge in [0.2, 0.25) is 5.91 Å². The molecule has 20 heavy (non-hydrogen) atoms. The van der Waals surface area contributed by atoms with Crippen LogP contribution in [0.1, 0.15) is 59.3 Å². The maximum Gasteiger partial charge on any atom is 0.237 e. The maximum absolute atomic E-state index is 12.2. The second-order valence-corrected chi connectivity index (χ2v) is 7.66. The summed E-state index contributed by atoms with van der Waals surface area (Å²) in [6.45, 7) is 7.93. The number of hydrogen-bond donors (Lipinski definition) is 3. The molecule has 4 heteroatoms. The number of aliphatic hydroxyl groups is 1. The normalized spacial score (nSPS) is 32.6. The van der Waals surface area contributed by atoms with E-state index in [4.69, 9.17) is 0 Å². The van der Waals surface area contributed by atoms with E-state index in [1.165, 1.54) is 0 Å². The fraction of sp³-hybridized carbons (Fsp3) is 0.938. The van der Waals surface area contributed by atoms with Gasteiger partial charge in [0.15, 0.2) is 0 Å². The predicted octanol–water partition coefficient (Wildman–Crippen LogP) is 1.82. The van der Waals surface area contributed by atoms with Crippen molar-refractivity contribution in [2.45, 2.75) is 70.9 Å². The Balaban J connectivity index is 1.81. The van der Waals surface area contributed by atoms with E-state index in [2.05, 4.69) is 31.4 Å². The minimum atomic E-state index is -0.705. The minimum absolute atomic E-state index is 0.0514. The number of carbonyl (C=O) groups excluding carboxylic acids is 1. The Labute approximate surface area is 122 Å². The second-order valence-electron chi connectivity index (χ2n) is 7.66. The van der Waals surface area contributed by atoms with Gasteiger partial charge in [-0.2, -0.15) is 0 Å². The average Bonchev–Trinajstić information content (AvgIpc) is 2.41. The van der Waals surface area contributed by atoms with Crippen molar-refractivity contribution in [3.05, 3.63) is 0 Å². The molecule has 4 nitrogen and oxygen atoms in total. The Morgan fingerprint density at radius 2 is 1.95 bits per heavy atom. The number of piperidine rings is 1. The van der Waals surface area contributed by atoms with Gasteiger partial charge in [-0.05, 0) is 56.4 Å². The van der Waals surface area contributed by atoms with Crippen LogP contribution in [0.25, 0.3) is 0 Å². The van der Waals surface area contributed by atoms with Gasteiger partial charge in [0.25, 0.3) is 0 Å². The lowest BCUT2D eigenvalue weighted by Gasteiger charge is -2.40. The number of nitrogens with one attached hydrogen (secondary N) is 2. The van der Waals surface area contributed by atoms with Gasteiger partial charge in [0.1, 0.15) is 0 Å². The molecule has 1 aliphatic carbocycles. The molecule has 0 spiro atoms. The van der Waals surface area contributed by atoms with Crippen LogP contribution in [-0.2, 0) is 4.79 Å². The molecule has 0 bridgehead atoms. The Hall–Kier alpha value is -0.610. The topological polar surface area (TPSA) is 61.4 Å². The molecule has 116 valence electrons. The maximum atomic E-state index is 12.2. The summed E-state index contributed by atoms with van der Waals surface area (Å²) in [5, 5.41) is 16.8. The molecule has 2 unspecified atom stereocenters. The van der Waals surface area contributed by atoms with Crippen molar-refractivity contribution >= 4 is 5.91 Å². The van der Waals surface area contributed by atoms with Crippen LogP contribution in [0.2, 0.25) is 0 Å². The lowest BCUT2D eigenvalue weighted by atomic mass is 9.71. The molecule has 1 amide bonds. The summed E-state index contributed by atoms with van der Waals surface area (Å²) in [7, 11) is 0. The van der Waals surface area contributed by atoms with Gasteiger partial charge in [-0.3, -0.25) is 4.79 Å². The molecule has 3 N–H and O–H groups in total. The predicted molar refractivity (Wildman–Crippen MR) is 80.4 cm³/mol. The molecule has 2 atom stereocenters. The van der Waals surface area contributed by atoms with E-state index in [0.717, 1.165) is 45.1 Å². The molecule has 0 aromatic rings. The zero-order chi connectivity index (χ0) is 14.8. The van der Waals surface area contributed by atoms with Crippen molar-refractivity contribution in [2.24, 2.45) is 11.3 Å². The Morgan fingerprint density at radius 1 is 1.30 bits per heavy atom. The van der Waals surface area contributed by atoms with Gasteiger partial charge in [-0.25, -0.2) is 0 Å². The van der Waals surface area contributed by atoms with Crippen LogP contribution in [0.4, 0.5) is 0 Å². The van der Waals surface area contributed by atoms with Crippen molar-refractivity contribution in [1.29, 1.82) is 0 Å². The Morgan fingerprint density at radius 3 is 2.55 bits per heavy atom. The average molecular weight is 282 g/mol. The van der Waals surface area contributed by atoms with Crippen LogP contribution < -0.4 is 10.6 Å². The van der Waals surface area contributed by atoms with Crippen molar-refractivity contribution in [3.8, 4) is 0 Å². The Bertz CT molecular complexity index is 344. The van der Waals surface area contributed by atoms with E-state index in [1.54, 1.807) is 0 Å². The second kappa shape index (κ2) is 6.02. The third-order valence-corrected chi connectivity index (χ3v) is 5.18. The third kappa shape index (κ3) is 3.95. The molecule has 1 saturated carbocycles. The first-order valence-electron chi connectivity index (χ1n) is 8.05. The highest BCUT2D eigenvalue weighted by atomic mass is 16.3. The fourth-order valence-corrected chi connectivity index (χ4v) is 3.33. The molecule has 0 radical (unpaired) electrons. The zero-order valence-corrected chi connectivity index (χ0v) is 13.2. The molecule has 1 aliphatic heterocycles. The summed E-state index contributed by atoms with van der Waals surface area (Å²) in [6.07, 6.45) is 5.87. The molecule has 0 aromatic carbocycles. The monoisotopic (exact) mass is 282 g/mol. The Kier molecular flexibility index (Phi) is 4.75. The molecule has 2 fully saturated rings. The van der Waals surface area contributed by atoms with Crippen molar-refractivity contribution in [2.75, 3.05) is 13.1 Å². The van der Waals surface area contributed by atoms with Crippen LogP contribution in [-0.4, -0.2) is 35.7 Å². The van der Waals surface area contributed by atoms with E-state index < -0.39 is 5.60 Å². The molecule has 1 saturated heterocycles. The van der Waals surface area contributed by atoms with Gasteiger partial charge in [0.05, 0.1) is 11.6 Å². The molecule has 0 aromatic heterocycles. The molecular formula is C16H30N2O2. The summed E-state index contributed by atoms with van der Waals surface area (Å²) in [5.41, 5.74) is -0.376. The van der Waals surface area contributed by atoms with Crippen LogP contribution >= 0.6 is 0 Å². The standard InChI is InChI=1S/C16H30N2O2/c1-12-5-4-10-17-13(12)14(19)18-11-16(20)8-6-15(2,3)7-9-16/h12-13,17,20H,4-11H2,1-3H3,(H,18,19). The van der Waals surface area contributed by atoms with Gasteiger partial charge in [-0.1, -0.05) is 20.8 Å². The summed E-state index contributed by atoms with van der Waals surface area (Å²) in [5.74, 6) is 0.430.